The van der Waals surface area contributed by atoms with E-state index < -0.39 is 5.97 Å². The van der Waals surface area contributed by atoms with Crippen molar-refractivity contribution in [2.24, 2.45) is 5.92 Å². The number of Topliss-reactive ketones (excluding diaryl/α,β-unsaturated/α-hetero) is 1. The fraction of sp³-hybridized carbons (Fsp3) is 0.800. The maximum atomic E-state index is 10.4. The molecule has 0 heterocycles. The summed E-state index contributed by atoms with van der Waals surface area (Å²) in [5, 5.41) is 0. The van der Waals surface area contributed by atoms with Gasteiger partial charge in [0.1, 0.15) is 12.2 Å². The van der Waals surface area contributed by atoms with Crippen molar-refractivity contribution in [2.45, 2.75) is 34.1 Å². The Morgan fingerprint density at radius 3 is 2.07 bits per heavy atom. The quantitative estimate of drug-likeness (QED) is 0.423. The molecule has 15 heavy (non-hydrogen) atoms. The first-order chi connectivity index (χ1) is 6.93. The minimum absolute atomic E-state index is 0.103. The van der Waals surface area contributed by atoms with E-state index in [1.807, 2.05) is 0 Å². The van der Waals surface area contributed by atoms with Gasteiger partial charge < -0.3 is 4.74 Å². The van der Waals surface area contributed by atoms with Crippen LogP contribution in [0.1, 0.15) is 34.1 Å². The Morgan fingerprint density at radius 1 is 1.33 bits per heavy atom. The van der Waals surface area contributed by atoms with Crippen molar-refractivity contribution < 1.29 is 38.5 Å². The molecule has 0 aliphatic carbocycles. The molecule has 0 bridgehead atoms. The molecule has 0 spiro atoms. The molecule has 0 radical (unpaired) electrons. The number of ether oxygens (including phenoxy) is 1. The van der Waals surface area contributed by atoms with Crippen molar-refractivity contribution in [1.82, 2.24) is 0 Å². The fourth-order valence-electron chi connectivity index (χ4n) is 0.582. The molecular formula is C10H19O4Ti. The van der Waals surface area contributed by atoms with Gasteiger partial charge in [0.2, 0.25) is 0 Å². The number of hydrogen-bond donors (Lipinski definition) is 0. The van der Waals surface area contributed by atoms with Crippen LogP contribution in [0.4, 0.5) is 0 Å². The predicted octanol–water partition coefficient (Wildman–Crippen LogP) is 1.65. The van der Waals surface area contributed by atoms with Gasteiger partial charge in [0.25, 0.3) is 0 Å². The Balaban J connectivity index is 0. The second-order valence-corrected chi connectivity index (χ2v) is 3.84. The van der Waals surface area contributed by atoms with E-state index in [2.05, 4.69) is 18.6 Å². The van der Waals surface area contributed by atoms with Crippen LogP contribution in [-0.2, 0) is 38.5 Å². The van der Waals surface area contributed by atoms with Crippen molar-refractivity contribution in [3.05, 3.63) is 0 Å². The Morgan fingerprint density at radius 2 is 1.87 bits per heavy atom. The van der Waals surface area contributed by atoms with Crippen molar-refractivity contribution in [2.75, 3.05) is 13.2 Å². The summed E-state index contributed by atoms with van der Waals surface area (Å²) in [6, 6.07) is 0. The van der Waals surface area contributed by atoms with E-state index in [9.17, 15) is 9.59 Å². The molecule has 0 N–H and O–H groups in total. The topological polar surface area (TPSA) is 52.6 Å². The second kappa shape index (κ2) is 11.9. The molecule has 0 aliphatic rings. The van der Waals surface area contributed by atoms with Crippen LogP contribution < -0.4 is 0 Å². The first kappa shape index (κ1) is 17.2. The summed E-state index contributed by atoms with van der Waals surface area (Å²) in [5.74, 6) is 0.0773. The summed E-state index contributed by atoms with van der Waals surface area (Å²) in [7, 11) is 0. The van der Waals surface area contributed by atoms with Gasteiger partial charge in [-0.3, -0.25) is 9.59 Å². The van der Waals surface area contributed by atoms with E-state index in [0.29, 0.717) is 12.5 Å². The third kappa shape index (κ3) is 20.0. The van der Waals surface area contributed by atoms with E-state index in [1.54, 1.807) is 27.7 Å². The third-order valence-electron chi connectivity index (χ3n) is 1.12. The van der Waals surface area contributed by atoms with E-state index in [1.165, 1.54) is 6.92 Å². The minimum Gasteiger partial charge on any atom is -0.466 e. The summed E-state index contributed by atoms with van der Waals surface area (Å²) in [6.07, 6.45) is -0.103. The van der Waals surface area contributed by atoms with Crippen molar-refractivity contribution in [3.63, 3.8) is 0 Å². The fourth-order valence-corrected chi connectivity index (χ4v) is 1.10. The molecule has 87 valence electrons. The van der Waals surface area contributed by atoms with Gasteiger partial charge in [-0.15, -0.1) is 0 Å². The maximum Gasteiger partial charge on any atom is 0.313 e. The first-order valence-corrected chi connectivity index (χ1v) is 5.51. The third-order valence-corrected chi connectivity index (χ3v) is 1.38. The van der Waals surface area contributed by atoms with Crippen LogP contribution in [0.25, 0.3) is 0 Å². The smallest absolute Gasteiger partial charge is 0.313 e. The van der Waals surface area contributed by atoms with E-state index >= 15 is 0 Å². The van der Waals surface area contributed by atoms with Crippen LogP contribution in [0.15, 0.2) is 0 Å². The van der Waals surface area contributed by atoms with E-state index in [-0.39, 0.29) is 12.2 Å². The number of esters is 1. The molecule has 0 fully saturated rings. The van der Waals surface area contributed by atoms with Gasteiger partial charge in [0.05, 0.1) is 6.61 Å². The maximum absolute atomic E-state index is 10.4. The zero-order valence-electron chi connectivity index (χ0n) is 9.83. The normalized spacial score (nSPS) is 9.07. The van der Waals surface area contributed by atoms with Gasteiger partial charge in [0.15, 0.2) is 0 Å². The molecule has 5 heteroatoms. The van der Waals surface area contributed by atoms with Gasteiger partial charge in [-0.25, -0.2) is 0 Å². The molecule has 0 unspecified atom stereocenters. The Labute approximate surface area is 104 Å². The summed E-state index contributed by atoms with van der Waals surface area (Å²) >= 11 is 1.72. The number of carbonyl (C=O) groups is 2. The Hall–Kier alpha value is -0.186. The zero-order valence-corrected chi connectivity index (χ0v) is 11.4. The average molecular weight is 251 g/mol. The SMILES string of the molecule is CC(C)C[O][Ti].CCOC(=O)CC(C)=O. The van der Waals surface area contributed by atoms with Crippen LogP contribution in [0.5, 0.6) is 0 Å². The van der Waals surface area contributed by atoms with Gasteiger partial charge in [-0.1, -0.05) is 0 Å². The van der Waals surface area contributed by atoms with E-state index in [4.69, 9.17) is 3.32 Å². The molecule has 0 atom stereocenters. The molecule has 0 aromatic carbocycles. The summed E-state index contributed by atoms with van der Waals surface area (Å²) in [5.41, 5.74) is 0. The number of ketones is 1. The zero-order chi connectivity index (χ0) is 12.3. The predicted molar refractivity (Wildman–Crippen MR) is 52.7 cm³/mol. The van der Waals surface area contributed by atoms with Gasteiger partial charge in [-0.2, -0.15) is 0 Å². The van der Waals surface area contributed by atoms with Gasteiger partial charge in [0, 0.05) is 0 Å². The number of hydrogen-bond acceptors (Lipinski definition) is 4. The standard InChI is InChI=1S/C6H10O3.C4H9O.Ti/c1-3-9-6(8)4-5(2)7;1-4(2)3-5;/h3-4H2,1-2H3;4H,3H2,1-2H3;/q;-1;+1. The summed E-state index contributed by atoms with van der Waals surface area (Å²) in [4.78, 5) is 20.6. The average Bonchev–Trinajstić information content (AvgIpc) is 2.03. The van der Waals surface area contributed by atoms with Crippen LogP contribution in [0.3, 0.4) is 0 Å². The molecule has 0 rings (SSSR count). The summed E-state index contributed by atoms with van der Waals surface area (Å²) in [6.45, 7) is 8.54. The van der Waals surface area contributed by atoms with Gasteiger partial charge in [-0.05, 0) is 13.8 Å². The van der Waals surface area contributed by atoms with Crippen LogP contribution in [0.2, 0.25) is 0 Å². The molecule has 0 saturated heterocycles. The van der Waals surface area contributed by atoms with Crippen LogP contribution >= 0.6 is 0 Å². The first-order valence-electron chi connectivity index (χ1n) is 4.87. The molecule has 0 aromatic rings. The van der Waals surface area contributed by atoms with Crippen molar-refractivity contribution in [1.29, 1.82) is 0 Å². The largest absolute Gasteiger partial charge is 0.466 e. The molecular weight excluding hydrogens is 232 g/mol. The van der Waals surface area contributed by atoms with Crippen molar-refractivity contribution in [3.8, 4) is 0 Å². The molecule has 4 nitrogen and oxygen atoms in total. The van der Waals surface area contributed by atoms with Gasteiger partial charge >= 0.3 is 56.5 Å². The Kier molecular flexibility index (Phi) is 13.6. The minimum atomic E-state index is -0.440. The van der Waals surface area contributed by atoms with Crippen LogP contribution in [-0.4, -0.2) is 25.0 Å². The van der Waals surface area contributed by atoms with Crippen LogP contribution in [0, 0.1) is 5.92 Å². The monoisotopic (exact) mass is 251 g/mol. The summed E-state index contributed by atoms with van der Waals surface area (Å²) < 4.78 is 9.30. The molecule has 0 saturated carbocycles. The number of carbonyl (C=O) groups excluding carboxylic acids is 2. The molecule has 0 amide bonds. The molecule has 0 aromatic heterocycles. The Bertz CT molecular complexity index is 180. The van der Waals surface area contributed by atoms with Crippen molar-refractivity contribution >= 4 is 11.8 Å². The number of rotatable bonds is 5. The molecule has 0 aliphatic heterocycles. The second-order valence-electron chi connectivity index (χ2n) is 3.39. The van der Waals surface area contributed by atoms with E-state index in [0.717, 1.165) is 6.61 Å².